The molecule has 1 aromatic carbocycles. The molecule has 0 radical (unpaired) electrons. The van der Waals surface area contributed by atoms with Crippen LogP contribution in [0.3, 0.4) is 0 Å². The van der Waals surface area contributed by atoms with Gasteiger partial charge >= 0.3 is 0 Å². The smallest absolute Gasteiger partial charge is 0.182 e. The van der Waals surface area contributed by atoms with Gasteiger partial charge in [0.15, 0.2) is 5.13 Å². The number of halogens is 1. The molecule has 1 aromatic heterocycles. The van der Waals surface area contributed by atoms with Crippen LogP contribution in [0.1, 0.15) is 49.8 Å². The summed E-state index contributed by atoms with van der Waals surface area (Å²) in [6, 6.07) is 8.34. The van der Waals surface area contributed by atoms with Gasteiger partial charge in [-0.3, -0.25) is 0 Å². The van der Waals surface area contributed by atoms with Crippen LogP contribution >= 0.6 is 22.9 Å². The van der Waals surface area contributed by atoms with Crippen LogP contribution in [0.25, 0.3) is 0 Å². The molecule has 1 saturated carbocycles. The zero-order chi connectivity index (χ0) is 17.1. The van der Waals surface area contributed by atoms with E-state index in [4.69, 9.17) is 16.6 Å². The number of thiazole rings is 1. The molecule has 5 heteroatoms. The van der Waals surface area contributed by atoms with Crippen LogP contribution < -0.4 is 5.32 Å². The van der Waals surface area contributed by atoms with Crippen LogP contribution in [-0.4, -0.2) is 36.1 Å². The number of likely N-dealkylation sites (tertiary alicyclic amines) is 1. The van der Waals surface area contributed by atoms with Gasteiger partial charge in [0.25, 0.3) is 0 Å². The Morgan fingerprint density at radius 3 is 2.52 bits per heavy atom. The minimum Gasteiger partial charge on any atom is -0.360 e. The van der Waals surface area contributed by atoms with Crippen molar-refractivity contribution in [1.82, 2.24) is 9.88 Å². The minimum absolute atomic E-state index is 0.105. The molecule has 0 bridgehead atoms. The van der Waals surface area contributed by atoms with E-state index in [1.807, 2.05) is 12.1 Å². The maximum atomic E-state index is 6.07. The van der Waals surface area contributed by atoms with E-state index in [0.29, 0.717) is 0 Å². The molecular formula is C20H26ClN3S. The van der Waals surface area contributed by atoms with Gasteiger partial charge in [-0.05, 0) is 56.5 Å². The Morgan fingerprint density at radius 2 is 1.84 bits per heavy atom. The van der Waals surface area contributed by atoms with Crippen molar-refractivity contribution in [2.75, 3.05) is 31.5 Å². The van der Waals surface area contributed by atoms with Gasteiger partial charge in [-0.1, -0.05) is 36.6 Å². The zero-order valence-corrected chi connectivity index (χ0v) is 16.2. The van der Waals surface area contributed by atoms with E-state index in [2.05, 4.69) is 27.7 Å². The van der Waals surface area contributed by atoms with Crippen LogP contribution in [0.5, 0.6) is 0 Å². The molecule has 2 aromatic rings. The van der Waals surface area contributed by atoms with Gasteiger partial charge in [-0.25, -0.2) is 4.98 Å². The molecule has 1 aliphatic heterocycles. The molecule has 134 valence electrons. The lowest BCUT2D eigenvalue weighted by Crippen LogP contribution is -2.36. The highest BCUT2D eigenvalue weighted by atomic mass is 35.5. The molecular weight excluding hydrogens is 350 g/mol. The van der Waals surface area contributed by atoms with Crippen LogP contribution in [0.2, 0.25) is 5.02 Å². The maximum Gasteiger partial charge on any atom is 0.182 e. The summed E-state index contributed by atoms with van der Waals surface area (Å²) in [6.45, 7) is 4.62. The molecule has 1 saturated heterocycles. The second-order valence-corrected chi connectivity index (χ2v) is 8.60. The second-order valence-electron chi connectivity index (χ2n) is 7.31. The fourth-order valence-corrected chi connectivity index (χ4v) is 5.03. The Morgan fingerprint density at radius 1 is 1.08 bits per heavy atom. The number of aromatic nitrogens is 1. The molecule has 0 unspecified atom stereocenters. The van der Waals surface area contributed by atoms with E-state index in [0.717, 1.165) is 23.2 Å². The topological polar surface area (TPSA) is 28.2 Å². The summed E-state index contributed by atoms with van der Waals surface area (Å²) in [7, 11) is 0. The zero-order valence-electron chi connectivity index (χ0n) is 14.6. The average molecular weight is 376 g/mol. The molecule has 0 spiro atoms. The summed E-state index contributed by atoms with van der Waals surface area (Å²) >= 11 is 7.81. The summed E-state index contributed by atoms with van der Waals surface area (Å²) in [4.78, 5) is 7.50. The highest BCUT2D eigenvalue weighted by molar-refractivity contribution is 7.13. The molecule has 2 aliphatic rings. The van der Waals surface area contributed by atoms with E-state index < -0.39 is 0 Å². The van der Waals surface area contributed by atoms with Crippen molar-refractivity contribution >= 4 is 28.1 Å². The summed E-state index contributed by atoms with van der Waals surface area (Å²) in [5.41, 5.74) is 2.69. The first-order chi connectivity index (χ1) is 12.3. The fraction of sp³-hybridized carbons (Fsp3) is 0.550. The summed E-state index contributed by atoms with van der Waals surface area (Å²) in [5.74, 6) is 0. The third-order valence-electron chi connectivity index (χ3n) is 5.75. The second kappa shape index (κ2) is 7.65. The van der Waals surface area contributed by atoms with Gasteiger partial charge in [-0.15, -0.1) is 11.3 Å². The molecule has 2 fully saturated rings. The third kappa shape index (κ3) is 3.71. The number of hydrogen-bond acceptors (Lipinski definition) is 4. The number of nitrogens with one attached hydrogen (secondary N) is 1. The van der Waals surface area contributed by atoms with Gasteiger partial charge in [0, 0.05) is 28.9 Å². The predicted octanol–water partition coefficient (Wildman–Crippen LogP) is 5.16. The molecule has 2 heterocycles. The standard InChI is InChI=1S/C20H26ClN3S/c21-17-7-5-16(6-8-17)20(9-4-10-20)18-15-25-19(23-18)22-11-14-24-12-2-1-3-13-24/h5-8,15H,1-4,9-14H2,(H,22,23). The Hall–Kier alpha value is -1.10. The van der Waals surface area contributed by atoms with Crippen molar-refractivity contribution in [1.29, 1.82) is 0 Å². The first kappa shape index (κ1) is 17.3. The van der Waals surface area contributed by atoms with Gasteiger partial charge in [0.1, 0.15) is 0 Å². The first-order valence-electron chi connectivity index (χ1n) is 9.45. The van der Waals surface area contributed by atoms with Crippen molar-refractivity contribution in [3.8, 4) is 0 Å². The normalized spacial score (nSPS) is 20.2. The number of anilines is 1. The Labute approximate surface area is 159 Å². The number of hydrogen-bond donors (Lipinski definition) is 1. The van der Waals surface area contributed by atoms with E-state index in [-0.39, 0.29) is 5.41 Å². The molecule has 3 nitrogen and oxygen atoms in total. The molecule has 0 amide bonds. The van der Waals surface area contributed by atoms with Gasteiger partial charge in [0.2, 0.25) is 0 Å². The molecule has 4 rings (SSSR count). The van der Waals surface area contributed by atoms with Gasteiger partial charge in [0.05, 0.1) is 5.69 Å². The molecule has 0 atom stereocenters. The van der Waals surface area contributed by atoms with Crippen molar-refractivity contribution in [3.63, 3.8) is 0 Å². The monoisotopic (exact) mass is 375 g/mol. The van der Waals surface area contributed by atoms with E-state index in [1.54, 1.807) is 11.3 Å². The SMILES string of the molecule is Clc1ccc(C2(c3csc(NCCN4CCCCC4)n3)CCC2)cc1. The number of rotatable bonds is 6. The van der Waals surface area contributed by atoms with Crippen LogP contribution in [-0.2, 0) is 5.41 Å². The summed E-state index contributed by atoms with van der Waals surface area (Å²) < 4.78 is 0. The van der Waals surface area contributed by atoms with Crippen LogP contribution in [0.4, 0.5) is 5.13 Å². The lowest BCUT2D eigenvalue weighted by Gasteiger charge is -2.41. The third-order valence-corrected chi connectivity index (χ3v) is 6.80. The molecule has 1 aliphatic carbocycles. The molecule has 1 N–H and O–H groups in total. The lowest BCUT2D eigenvalue weighted by molar-refractivity contribution is 0.237. The fourth-order valence-electron chi connectivity index (χ4n) is 4.07. The van der Waals surface area contributed by atoms with Crippen molar-refractivity contribution < 1.29 is 0 Å². The average Bonchev–Trinajstić information content (AvgIpc) is 3.06. The minimum atomic E-state index is 0.105. The largest absolute Gasteiger partial charge is 0.360 e. The lowest BCUT2D eigenvalue weighted by atomic mass is 9.63. The molecule has 25 heavy (non-hydrogen) atoms. The van der Waals surface area contributed by atoms with E-state index in [9.17, 15) is 0 Å². The van der Waals surface area contributed by atoms with Crippen LogP contribution in [0.15, 0.2) is 29.6 Å². The van der Waals surface area contributed by atoms with E-state index in [1.165, 1.54) is 62.9 Å². The first-order valence-corrected chi connectivity index (χ1v) is 10.7. The quantitative estimate of drug-likeness (QED) is 0.755. The summed E-state index contributed by atoms with van der Waals surface area (Å²) in [6.07, 6.45) is 7.75. The number of benzene rings is 1. The van der Waals surface area contributed by atoms with Crippen molar-refractivity contribution in [3.05, 3.63) is 45.9 Å². The van der Waals surface area contributed by atoms with Crippen molar-refractivity contribution in [2.24, 2.45) is 0 Å². The predicted molar refractivity (Wildman–Crippen MR) is 107 cm³/mol. The Balaban J connectivity index is 1.40. The van der Waals surface area contributed by atoms with Crippen LogP contribution in [0, 0.1) is 0 Å². The Bertz CT molecular complexity index is 687. The van der Waals surface area contributed by atoms with Gasteiger partial charge in [-0.2, -0.15) is 0 Å². The van der Waals surface area contributed by atoms with Crippen molar-refractivity contribution in [2.45, 2.75) is 43.9 Å². The van der Waals surface area contributed by atoms with Gasteiger partial charge < -0.3 is 10.2 Å². The Kier molecular flexibility index (Phi) is 5.30. The summed E-state index contributed by atoms with van der Waals surface area (Å²) in [5, 5.41) is 7.65. The van der Waals surface area contributed by atoms with E-state index >= 15 is 0 Å². The maximum absolute atomic E-state index is 6.07. The number of piperidine rings is 1. The highest BCUT2D eigenvalue weighted by Crippen LogP contribution is 2.49. The number of nitrogens with zero attached hydrogens (tertiary/aromatic N) is 2. The highest BCUT2D eigenvalue weighted by Gasteiger charge is 2.42.